The third kappa shape index (κ3) is 6.85. The molecule has 0 fully saturated rings. The highest BCUT2D eigenvalue weighted by Gasteiger charge is 2.17. The molecule has 1 aromatic rings. The predicted molar refractivity (Wildman–Crippen MR) is 86.7 cm³/mol. The second kappa shape index (κ2) is 9.49. The highest BCUT2D eigenvalue weighted by Crippen LogP contribution is 2.13. The minimum atomic E-state index is -0.817. The normalized spacial score (nSPS) is 11.0. The Morgan fingerprint density at radius 1 is 1.26 bits per heavy atom. The third-order valence-electron chi connectivity index (χ3n) is 3.01. The molecule has 0 unspecified atom stereocenters. The largest absolute Gasteiger partial charge is 0.481 e. The molecule has 0 radical (unpaired) electrons. The fourth-order valence-electron chi connectivity index (χ4n) is 1.62. The molecule has 0 aliphatic heterocycles. The van der Waals surface area contributed by atoms with Gasteiger partial charge in [-0.3, -0.25) is 9.59 Å². The van der Waals surface area contributed by atoms with Crippen molar-refractivity contribution in [1.82, 2.24) is 4.90 Å². The molecule has 1 aromatic carbocycles. The SMILES string of the molecule is CC#CCOc1ccc(C[C@H](N)C(=O)OCC(=O)N(C)C)cc1. The Balaban J connectivity index is 2.46. The Morgan fingerprint density at radius 2 is 1.91 bits per heavy atom. The molecular formula is C17H22N2O4. The Bertz CT molecular complexity index is 585. The third-order valence-corrected chi connectivity index (χ3v) is 3.01. The monoisotopic (exact) mass is 318 g/mol. The summed E-state index contributed by atoms with van der Waals surface area (Å²) in [6.45, 7) is 1.78. The Hall–Kier alpha value is -2.52. The van der Waals surface area contributed by atoms with Gasteiger partial charge in [-0.1, -0.05) is 18.1 Å². The van der Waals surface area contributed by atoms with E-state index in [4.69, 9.17) is 15.2 Å². The maximum Gasteiger partial charge on any atom is 0.323 e. The number of nitrogens with zero attached hydrogens (tertiary/aromatic N) is 1. The van der Waals surface area contributed by atoms with Gasteiger partial charge in [-0.15, -0.1) is 5.92 Å². The van der Waals surface area contributed by atoms with Gasteiger partial charge in [0.05, 0.1) is 0 Å². The van der Waals surface area contributed by atoms with Crippen molar-refractivity contribution >= 4 is 11.9 Å². The van der Waals surface area contributed by atoms with E-state index in [1.807, 2.05) is 12.1 Å². The number of nitrogens with two attached hydrogens (primary N) is 1. The van der Waals surface area contributed by atoms with Crippen LogP contribution in [-0.2, 0) is 20.7 Å². The summed E-state index contributed by atoms with van der Waals surface area (Å²) in [5.41, 5.74) is 6.68. The first-order valence-corrected chi connectivity index (χ1v) is 7.17. The van der Waals surface area contributed by atoms with Crippen molar-refractivity contribution in [3.05, 3.63) is 29.8 Å². The zero-order valence-electron chi connectivity index (χ0n) is 13.7. The van der Waals surface area contributed by atoms with Gasteiger partial charge in [-0.05, 0) is 31.0 Å². The Kier molecular flexibility index (Phi) is 7.64. The standard InChI is InChI=1S/C17H22N2O4/c1-4-5-10-22-14-8-6-13(7-9-14)11-15(18)17(21)23-12-16(20)19(2)3/h6-9,15H,10-12,18H2,1-3H3/t15-/m0/s1. The Labute approximate surface area is 136 Å². The summed E-state index contributed by atoms with van der Waals surface area (Å²) >= 11 is 0. The van der Waals surface area contributed by atoms with Gasteiger partial charge in [0.25, 0.3) is 5.91 Å². The van der Waals surface area contributed by atoms with E-state index in [0.29, 0.717) is 18.8 Å². The van der Waals surface area contributed by atoms with E-state index in [0.717, 1.165) is 5.56 Å². The van der Waals surface area contributed by atoms with Crippen LogP contribution in [0.5, 0.6) is 5.75 Å². The zero-order chi connectivity index (χ0) is 17.2. The molecule has 6 heteroatoms. The van der Waals surface area contributed by atoms with Crippen molar-refractivity contribution in [2.75, 3.05) is 27.3 Å². The van der Waals surface area contributed by atoms with Crippen molar-refractivity contribution < 1.29 is 19.1 Å². The van der Waals surface area contributed by atoms with Crippen LogP contribution in [0.4, 0.5) is 0 Å². The van der Waals surface area contributed by atoms with Crippen LogP contribution in [0, 0.1) is 11.8 Å². The van der Waals surface area contributed by atoms with E-state index in [2.05, 4.69) is 11.8 Å². The van der Waals surface area contributed by atoms with Crippen LogP contribution in [0.1, 0.15) is 12.5 Å². The van der Waals surface area contributed by atoms with Gasteiger partial charge >= 0.3 is 5.97 Å². The minimum Gasteiger partial charge on any atom is -0.481 e. The van der Waals surface area contributed by atoms with Crippen LogP contribution >= 0.6 is 0 Å². The molecule has 0 bridgehead atoms. The summed E-state index contributed by atoms with van der Waals surface area (Å²) in [6, 6.07) is 6.42. The summed E-state index contributed by atoms with van der Waals surface area (Å²) in [7, 11) is 3.18. The topological polar surface area (TPSA) is 81.9 Å². The first-order valence-electron chi connectivity index (χ1n) is 7.17. The molecule has 0 aliphatic rings. The first-order chi connectivity index (χ1) is 10.9. The fourth-order valence-corrected chi connectivity index (χ4v) is 1.62. The molecule has 0 saturated heterocycles. The number of hydrogen-bond acceptors (Lipinski definition) is 5. The number of carbonyl (C=O) groups excluding carboxylic acids is 2. The van der Waals surface area contributed by atoms with Crippen LogP contribution < -0.4 is 10.5 Å². The average molecular weight is 318 g/mol. The van der Waals surface area contributed by atoms with E-state index < -0.39 is 12.0 Å². The summed E-state index contributed by atoms with van der Waals surface area (Å²) in [6.07, 6.45) is 0.323. The van der Waals surface area contributed by atoms with Crippen LogP contribution in [-0.4, -0.2) is 50.1 Å². The van der Waals surface area contributed by atoms with E-state index in [-0.39, 0.29) is 12.5 Å². The smallest absolute Gasteiger partial charge is 0.323 e. The molecule has 23 heavy (non-hydrogen) atoms. The molecule has 6 nitrogen and oxygen atoms in total. The number of ether oxygens (including phenoxy) is 2. The lowest BCUT2D eigenvalue weighted by molar-refractivity contribution is -0.152. The summed E-state index contributed by atoms with van der Waals surface area (Å²) < 4.78 is 10.3. The maximum atomic E-state index is 11.8. The van der Waals surface area contributed by atoms with Gasteiger partial charge in [-0.25, -0.2) is 0 Å². The van der Waals surface area contributed by atoms with E-state index in [1.165, 1.54) is 4.90 Å². The van der Waals surface area contributed by atoms with Gasteiger partial charge in [-0.2, -0.15) is 0 Å². The van der Waals surface area contributed by atoms with Crippen molar-refractivity contribution in [2.24, 2.45) is 5.73 Å². The lowest BCUT2D eigenvalue weighted by Gasteiger charge is -2.14. The summed E-state index contributed by atoms with van der Waals surface area (Å²) in [5, 5.41) is 0. The van der Waals surface area contributed by atoms with Crippen LogP contribution in [0.25, 0.3) is 0 Å². The minimum absolute atomic E-state index is 0.290. The van der Waals surface area contributed by atoms with Crippen molar-refractivity contribution in [3.8, 4) is 17.6 Å². The number of hydrogen-bond donors (Lipinski definition) is 1. The number of rotatable bonds is 7. The molecule has 1 amide bonds. The zero-order valence-corrected chi connectivity index (χ0v) is 13.7. The number of carbonyl (C=O) groups is 2. The van der Waals surface area contributed by atoms with Crippen LogP contribution in [0.2, 0.25) is 0 Å². The summed E-state index contributed by atoms with van der Waals surface area (Å²) in [4.78, 5) is 24.5. The van der Waals surface area contributed by atoms with Gasteiger partial charge in [0.15, 0.2) is 6.61 Å². The molecule has 0 saturated carbocycles. The van der Waals surface area contributed by atoms with Crippen molar-refractivity contribution in [1.29, 1.82) is 0 Å². The number of likely N-dealkylation sites (N-methyl/N-ethyl adjacent to an activating group) is 1. The van der Waals surface area contributed by atoms with Gasteiger partial charge < -0.3 is 20.1 Å². The molecule has 1 atom stereocenters. The van der Waals surface area contributed by atoms with E-state index >= 15 is 0 Å². The average Bonchev–Trinajstić information content (AvgIpc) is 2.53. The number of benzene rings is 1. The molecule has 0 aromatic heterocycles. The summed E-state index contributed by atoms with van der Waals surface area (Å²) in [5.74, 6) is 5.36. The van der Waals surface area contributed by atoms with Crippen LogP contribution in [0.15, 0.2) is 24.3 Å². The lowest BCUT2D eigenvalue weighted by Crippen LogP contribution is -2.37. The molecule has 0 aliphatic carbocycles. The van der Waals surface area contributed by atoms with Gasteiger partial charge in [0.2, 0.25) is 0 Å². The molecule has 124 valence electrons. The maximum absolute atomic E-state index is 11.8. The lowest BCUT2D eigenvalue weighted by atomic mass is 10.1. The fraction of sp³-hybridized carbons (Fsp3) is 0.412. The number of amides is 1. The van der Waals surface area contributed by atoms with Crippen LogP contribution in [0.3, 0.4) is 0 Å². The second-order valence-electron chi connectivity index (χ2n) is 5.07. The van der Waals surface area contributed by atoms with Crippen molar-refractivity contribution in [2.45, 2.75) is 19.4 Å². The molecule has 0 spiro atoms. The molecular weight excluding hydrogens is 296 g/mol. The first kappa shape index (κ1) is 18.5. The molecule has 1 rings (SSSR count). The van der Waals surface area contributed by atoms with E-state index in [1.54, 1.807) is 33.2 Å². The van der Waals surface area contributed by atoms with Gasteiger partial charge in [0.1, 0.15) is 18.4 Å². The Morgan fingerprint density at radius 3 is 2.48 bits per heavy atom. The second-order valence-corrected chi connectivity index (χ2v) is 5.07. The quantitative estimate of drug-likeness (QED) is 0.588. The predicted octanol–water partition coefficient (Wildman–Crippen LogP) is 0.590. The van der Waals surface area contributed by atoms with Gasteiger partial charge in [0, 0.05) is 14.1 Å². The van der Waals surface area contributed by atoms with Crippen molar-refractivity contribution in [3.63, 3.8) is 0 Å². The number of esters is 1. The highest BCUT2D eigenvalue weighted by molar-refractivity contribution is 5.82. The highest BCUT2D eigenvalue weighted by atomic mass is 16.5. The molecule has 0 heterocycles. The molecule has 2 N–H and O–H groups in total. The van der Waals surface area contributed by atoms with E-state index in [9.17, 15) is 9.59 Å².